The minimum Gasteiger partial charge on any atom is -0.379 e. The van der Waals surface area contributed by atoms with E-state index in [9.17, 15) is 19.7 Å². The van der Waals surface area contributed by atoms with Crippen molar-refractivity contribution in [3.8, 4) is 0 Å². The fourth-order valence-corrected chi connectivity index (χ4v) is 3.13. The third-order valence-electron chi connectivity index (χ3n) is 4.82. The molecule has 0 unspecified atom stereocenters. The van der Waals surface area contributed by atoms with Gasteiger partial charge in [0.25, 0.3) is 5.69 Å². The number of imidazole rings is 1. The van der Waals surface area contributed by atoms with Crippen LogP contribution in [0.1, 0.15) is 28.2 Å². The summed E-state index contributed by atoms with van der Waals surface area (Å²) in [6, 6.07) is 13.8. The molecule has 2 aromatic carbocycles. The Morgan fingerprint density at radius 1 is 1.19 bits per heavy atom. The molecule has 3 aromatic rings. The Kier molecular flexibility index (Phi) is 6.76. The highest BCUT2D eigenvalue weighted by Gasteiger charge is 2.20. The number of aryl methyl sites for hydroxylation is 1. The van der Waals surface area contributed by atoms with Crippen molar-refractivity contribution >= 4 is 23.1 Å². The molecule has 0 aliphatic rings. The maximum atomic E-state index is 12.6. The quantitative estimate of drug-likeness (QED) is 0.323. The number of carbonyl (C=O) groups is 2. The molecule has 0 atom stereocenters. The van der Waals surface area contributed by atoms with Gasteiger partial charge in [0.05, 0.1) is 4.92 Å². The second kappa shape index (κ2) is 9.66. The number of hydrogen-bond donors (Lipinski definition) is 1. The van der Waals surface area contributed by atoms with Crippen LogP contribution in [-0.4, -0.2) is 44.7 Å². The first kappa shape index (κ1) is 21.7. The molecule has 0 saturated heterocycles. The SMILES string of the molecule is CN(Cc1ccccc1)C(=O)CCNc1ccc(C(=O)c2nccn2C)cc1[N+](=O)[O-]. The number of nitrogens with one attached hydrogen (secondary N) is 1. The molecule has 160 valence electrons. The number of amides is 1. The molecule has 0 spiro atoms. The molecule has 1 heterocycles. The van der Waals surface area contributed by atoms with E-state index in [2.05, 4.69) is 10.3 Å². The van der Waals surface area contributed by atoms with Gasteiger partial charge >= 0.3 is 0 Å². The van der Waals surface area contributed by atoms with E-state index in [1.165, 1.54) is 24.4 Å². The molecule has 9 heteroatoms. The summed E-state index contributed by atoms with van der Waals surface area (Å²) in [5.41, 5.74) is 1.21. The number of ketones is 1. The van der Waals surface area contributed by atoms with Crippen LogP contribution in [0, 0.1) is 10.1 Å². The Bertz CT molecular complexity index is 1090. The molecule has 9 nitrogen and oxygen atoms in total. The van der Waals surface area contributed by atoms with E-state index in [1.807, 2.05) is 30.3 Å². The molecule has 3 rings (SSSR count). The normalized spacial score (nSPS) is 10.5. The molecule has 0 aliphatic carbocycles. The van der Waals surface area contributed by atoms with Crippen molar-refractivity contribution in [1.82, 2.24) is 14.5 Å². The maximum absolute atomic E-state index is 12.6. The first-order valence-corrected chi connectivity index (χ1v) is 9.69. The van der Waals surface area contributed by atoms with E-state index in [0.717, 1.165) is 5.56 Å². The largest absolute Gasteiger partial charge is 0.379 e. The Labute approximate surface area is 179 Å². The fourth-order valence-electron chi connectivity index (χ4n) is 3.13. The monoisotopic (exact) mass is 421 g/mol. The van der Waals surface area contributed by atoms with Crippen LogP contribution in [0.25, 0.3) is 0 Å². The van der Waals surface area contributed by atoms with Gasteiger partial charge in [-0.25, -0.2) is 4.98 Å². The van der Waals surface area contributed by atoms with Gasteiger partial charge in [-0.05, 0) is 17.7 Å². The summed E-state index contributed by atoms with van der Waals surface area (Å²) in [5.74, 6) is -0.289. The highest BCUT2D eigenvalue weighted by molar-refractivity contribution is 6.07. The standard InChI is InChI=1S/C22H23N5O4/c1-25-13-12-24-22(25)21(29)17-8-9-18(19(14-17)27(30)31)23-11-10-20(28)26(2)15-16-6-4-3-5-7-16/h3-9,12-14,23H,10-11,15H2,1-2H3. The summed E-state index contributed by atoms with van der Waals surface area (Å²) in [7, 11) is 3.40. The number of aromatic nitrogens is 2. The van der Waals surface area contributed by atoms with Crippen LogP contribution in [0.2, 0.25) is 0 Å². The van der Waals surface area contributed by atoms with Crippen LogP contribution in [0.3, 0.4) is 0 Å². The van der Waals surface area contributed by atoms with Crippen LogP contribution in [0.5, 0.6) is 0 Å². The third-order valence-corrected chi connectivity index (χ3v) is 4.82. The van der Waals surface area contributed by atoms with Crippen molar-refractivity contribution in [1.29, 1.82) is 0 Å². The van der Waals surface area contributed by atoms with E-state index in [0.29, 0.717) is 6.54 Å². The van der Waals surface area contributed by atoms with E-state index >= 15 is 0 Å². The number of carbonyl (C=O) groups excluding carboxylic acids is 2. The van der Waals surface area contributed by atoms with E-state index in [-0.39, 0.29) is 41.6 Å². The molecule has 31 heavy (non-hydrogen) atoms. The highest BCUT2D eigenvalue weighted by Crippen LogP contribution is 2.26. The number of nitro benzene ring substituents is 1. The maximum Gasteiger partial charge on any atom is 0.293 e. The molecule has 0 aliphatic heterocycles. The zero-order valence-corrected chi connectivity index (χ0v) is 17.3. The lowest BCUT2D eigenvalue weighted by atomic mass is 10.1. The summed E-state index contributed by atoms with van der Waals surface area (Å²) in [5, 5.41) is 14.5. The molecule has 1 aromatic heterocycles. The predicted molar refractivity (Wildman–Crippen MR) is 116 cm³/mol. The van der Waals surface area contributed by atoms with Crippen molar-refractivity contribution in [2.45, 2.75) is 13.0 Å². The van der Waals surface area contributed by atoms with Gasteiger partial charge in [0, 0.05) is 57.6 Å². The van der Waals surface area contributed by atoms with E-state index < -0.39 is 10.7 Å². The Morgan fingerprint density at radius 2 is 1.94 bits per heavy atom. The first-order valence-electron chi connectivity index (χ1n) is 9.69. The zero-order chi connectivity index (χ0) is 22.4. The van der Waals surface area contributed by atoms with Crippen LogP contribution >= 0.6 is 0 Å². The average molecular weight is 421 g/mol. The molecule has 0 fully saturated rings. The molecular weight excluding hydrogens is 398 g/mol. The molecule has 1 amide bonds. The van der Waals surface area contributed by atoms with Crippen LogP contribution in [-0.2, 0) is 18.4 Å². The number of rotatable bonds is 9. The highest BCUT2D eigenvalue weighted by atomic mass is 16.6. The molecule has 0 saturated carbocycles. The van der Waals surface area contributed by atoms with Crippen LogP contribution in [0.15, 0.2) is 60.9 Å². The van der Waals surface area contributed by atoms with Crippen molar-refractivity contribution < 1.29 is 14.5 Å². The van der Waals surface area contributed by atoms with Gasteiger partial charge in [0.2, 0.25) is 11.7 Å². The van der Waals surface area contributed by atoms with Gasteiger partial charge in [-0.15, -0.1) is 0 Å². The van der Waals surface area contributed by atoms with Gasteiger partial charge in [0.1, 0.15) is 5.69 Å². The van der Waals surface area contributed by atoms with Crippen molar-refractivity contribution in [3.05, 3.63) is 88.0 Å². The van der Waals surface area contributed by atoms with Gasteiger partial charge < -0.3 is 14.8 Å². The Morgan fingerprint density at radius 3 is 2.58 bits per heavy atom. The number of nitrogens with zero attached hydrogens (tertiary/aromatic N) is 4. The number of anilines is 1. The van der Waals surface area contributed by atoms with Crippen molar-refractivity contribution in [2.75, 3.05) is 18.9 Å². The summed E-state index contributed by atoms with van der Waals surface area (Å²) >= 11 is 0. The second-order valence-electron chi connectivity index (χ2n) is 7.09. The zero-order valence-electron chi connectivity index (χ0n) is 17.3. The fraction of sp³-hybridized carbons (Fsp3) is 0.227. The van der Waals surface area contributed by atoms with Gasteiger partial charge in [-0.1, -0.05) is 30.3 Å². The summed E-state index contributed by atoms with van der Waals surface area (Å²) in [4.78, 5) is 41.5. The number of hydrogen-bond acceptors (Lipinski definition) is 6. The topological polar surface area (TPSA) is 110 Å². The minimum absolute atomic E-state index is 0.0828. The minimum atomic E-state index is -0.555. The first-order chi connectivity index (χ1) is 14.9. The summed E-state index contributed by atoms with van der Waals surface area (Å²) in [6.45, 7) is 0.718. The summed E-state index contributed by atoms with van der Waals surface area (Å²) in [6.07, 6.45) is 3.29. The number of benzene rings is 2. The van der Waals surface area contributed by atoms with Gasteiger partial charge in [-0.2, -0.15) is 0 Å². The van der Waals surface area contributed by atoms with E-state index in [1.54, 1.807) is 29.8 Å². The Balaban J connectivity index is 1.63. The average Bonchev–Trinajstić information content (AvgIpc) is 3.19. The third kappa shape index (κ3) is 5.33. The van der Waals surface area contributed by atoms with Crippen LogP contribution < -0.4 is 5.32 Å². The second-order valence-corrected chi connectivity index (χ2v) is 7.09. The molecular formula is C22H23N5O4. The van der Waals surface area contributed by atoms with Crippen molar-refractivity contribution in [3.63, 3.8) is 0 Å². The van der Waals surface area contributed by atoms with Gasteiger partial charge in [0.15, 0.2) is 5.82 Å². The smallest absolute Gasteiger partial charge is 0.293 e. The van der Waals surface area contributed by atoms with Gasteiger partial charge in [-0.3, -0.25) is 19.7 Å². The predicted octanol–water partition coefficient (Wildman–Crippen LogP) is 3.02. The lowest BCUT2D eigenvalue weighted by Crippen LogP contribution is -2.27. The number of nitro groups is 1. The van der Waals surface area contributed by atoms with E-state index in [4.69, 9.17) is 0 Å². The van der Waals surface area contributed by atoms with Crippen molar-refractivity contribution in [2.24, 2.45) is 7.05 Å². The molecule has 0 radical (unpaired) electrons. The Hall–Kier alpha value is -4.01. The van der Waals surface area contributed by atoms with Crippen LogP contribution in [0.4, 0.5) is 11.4 Å². The lowest BCUT2D eigenvalue weighted by molar-refractivity contribution is -0.384. The summed E-state index contributed by atoms with van der Waals surface area (Å²) < 4.78 is 1.55. The molecule has 1 N–H and O–H groups in total. The lowest BCUT2D eigenvalue weighted by Gasteiger charge is -2.17. The molecule has 0 bridgehead atoms.